The Morgan fingerprint density at radius 2 is 2.00 bits per heavy atom. The smallest absolute Gasteiger partial charge is 0.252 e. The van der Waals surface area contributed by atoms with E-state index in [4.69, 9.17) is 4.74 Å². The van der Waals surface area contributed by atoms with Crippen LogP contribution in [0.4, 0.5) is 0 Å². The minimum Gasteiger partial charge on any atom is -0.376 e. The summed E-state index contributed by atoms with van der Waals surface area (Å²) in [6.45, 7) is 6.46. The number of pyridine rings is 1. The minimum absolute atomic E-state index is 0.00337. The standard InChI is InChI=1S/C27H38N6O2/c1-3-19-12-13-24-20(15-19)16-21(27(34)28-24)17-32(22-9-6-5-7-10-22)25(4-2)26-29-30-31-33(26)18-23-11-8-14-35-23/h12-13,15-16,22-23,25H,3-11,14,17-18H2,1-2H3,(H,28,34)/t23-,25-/m1/s1. The molecule has 2 fully saturated rings. The molecule has 8 heteroatoms. The number of aromatic nitrogens is 5. The molecule has 5 rings (SSSR count). The Hall–Kier alpha value is -2.58. The Kier molecular flexibility index (Phi) is 7.58. The van der Waals surface area contributed by atoms with Gasteiger partial charge < -0.3 is 9.72 Å². The maximum absolute atomic E-state index is 13.2. The number of H-pyrrole nitrogens is 1. The van der Waals surface area contributed by atoms with Gasteiger partial charge in [0, 0.05) is 30.3 Å². The van der Waals surface area contributed by atoms with Crippen molar-refractivity contribution < 1.29 is 4.74 Å². The number of ether oxygens (including phenoxy) is 1. The Balaban J connectivity index is 1.48. The topological polar surface area (TPSA) is 88.9 Å². The van der Waals surface area contributed by atoms with Gasteiger partial charge in [0.1, 0.15) is 0 Å². The highest BCUT2D eigenvalue weighted by atomic mass is 16.5. The van der Waals surface area contributed by atoms with Gasteiger partial charge in [0.15, 0.2) is 5.82 Å². The lowest BCUT2D eigenvalue weighted by Crippen LogP contribution is -2.41. The van der Waals surface area contributed by atoms with Crippen LogP contribution >= 0.6 is 0 Å². The number of tetrazole rings is 1. The Morgan fingerprint density at radius 3 is 2.74 bits per heavy atom. The van der Waals surface area contributed by atoms with Crippen molar-refractivity contribution in [3.05, 3.63) is 51.6 Å². The summed E-state index contributed by atoms with van der Waals surface area (Å²) in [6, 6.07) is 8.86. The van der Waals surface area contributed by atoms with Crippen LogP contribution < -0.4 is 5.56 Å². The monoisotopic (exact) mass is 478 g/mol. The van der Waals surface area contributed by atoms with Crippen LogP contribution in [0, 0.1) is 0 Å². The first-order chi connectivity index (χ1) is 17.2. The summed E-state index contributed by atoms with van der Waals surface area (Å²) in [6.07, 6.45) is 10.2. The average molecular weight is 479 g/mol. The molecular formula is C27H38N6O2. The first kappa shape index (κ1) is 24.1. The molecule has 0 radical (unpaired) electrons. The van der Waals surface area contributed by atoms with Crippen LogP contribution in [0.5, 0.6) is 0 Å². The van der Waals surface area contributed by atoms with Crippen LogP contribution in [0.2, 0.25) is 0 Å². The zero-order chi connectivity index (χ0) is 24.2. The minimum atomic E-state index is -0.00337. The summed E-state index contributed by atoms with van der Waals surface area (Å²) < 4.78 is 7.81. The molecule has 1 saturated carbocycles. The van der Waals surface area contributed by atoms with Crippen molar-refractivity contribution in [3.63, 3.8) is 0 Å². The molecule has 0 bridgehead atoms. The SMILES string of the molecule is CCc1ccc2[nH]c(=O)c(CN(C3CCCCC3)[C@H](CC)c3nnnn3C[C@H]3CCCO3)cc2c1. The van der Waals surface area contributed by atoms with Gasteiger partial charge in [-0.25, -0.2) is 4.68 Å². The zero-order valence-electron chi connectivity index (χ0n) is 21.1. The van der Waals surface area contributed by atoms with E-state index >= 15 is 0 Å². The van der Waals surface area contributed by atoms with Crippen molar-refractivity contribution >= 4 is 10.9 Å². The van der Waals surface area contributed by atoms with Crippen molar-refractivity contribution in [3.8, 4) is 0 Å². The van der Waals surface area contributed by atoms with Crippen molar-refractivity contribution in [1.29, 1.82) is 0 Å². The van der Waals surface area contributed by atoms with Crippen LogP contribution in [0.15, 0.2) is 29.1 Å². The molecule has 1 aliphatic heterocycles. The van der Waals surface area contributed by atoms with Gasteiger partial charge in [-0.1, -0.05) is 39.2 Å². The van der Waals surface area contributed by atoms with Crippen LogP contribution in [-0.4, -0.2) is 48.8 Å². The molecule has 2 atom stereocenters. The highest BCUT2D eigenvalue weighted by Crippen LogP contribution is 2.33. The van der Waals surface area contributed by atoms with Gasteiger partial charge in [0.2, 0.25) is 0 Å². The number of aromatic amines is 1. The number of nitrogens with zero attached hydrogens (tertiary/aromatic N) is 5. The predicted octanol–water partition coefficient (Wildman–Crippen LogP) is 4.54. The summed E-state index contributed by atoms with van der Waals surface area (Å²) in [5, 5.41) is 14.0. The lowest BCUT2D eigenvalue weighted by Gasteiger charge is -2.39. The van der Waals surface area contributed by atoms with Crippen LogP contribution in [0.3, 0.4) is 0 Å². The molecule has 2 aliphatic rings. The quantitative estimate of drug-likeness (QED) is 0.486. The Labute approximate surface area is 207 Å². The number of hydrogen-bond acceptors (Lipinski definition) is 6. The van der Waals surface area contributed by atoms with E-state index in [1.54, 1.807) is 0 Å². The number of aryl methyl sites for hydroxylation is 1. The van der Waals surface area contributed by atoms with E-state index in [1.807, 2.05) is 10.7 Å². The van der Waals surface area contributed by atoms with E-state index in [9.17, 15) is 4.79 Å². The molecule has 1 aromatic carbocycles. The van der Waals surface area contributed by atoms with Crippen molar-refractivity contribution in [1.82, 2.24) is 30.1 Å². The van der Waals surface area contributed by atoms with E-state index in [0.717, 1.165) is 67.4 Å². The molecule has 188 valence electrons. The fourth-order valence-electron chi connectivity index (χ4n) is 5.87. The van der Waals surface area contributed by atoms with Crippen LogP contribution in [-0.2, 0) is 24.2 Å². The van der Waals surface area contributed by atoms with Crippen molar-refractivity contribution in [2.75, 3.05) is 6.61 Å². The third-order valence-corrected chi connectivity index (χ3v) is 7.84. The summed E-state index contributed by atoms with van der Waals surface area (Å²) in [5.74, 6) is 0.888. The summed E-state index contributed by atoms with van der Waals surface area (Å²) >= 11 is 0. The summed E-state index contributed by atoms with van der Waals surface area (Å²) in [5.41, 5.74) is 2.98. The van der Waals surface area contributed by atoms with Crippen molar-refractivity contribution in [2.45, 2.75) is 103 Å². The van der Waals surface area contributed by atoms with E-state index < -0.39 is 0 Å². The molecule has 35 heavy (non-hydrogen) atoms. The first-order valence-corrected chi connectivity index (χ1v) is 13.4. The second kappa shape index (κ2) is 11.0. The van der Waals surface area contributed by atoms with E-state index in [-0.39, 0.29) is 17.7 Å². The zero-order valence-corrected chi connectivity index (χ0v) is 21.1. The first-order valence-electron chi connectivity index (χ1n) is 13.4. The normalized spacial score (nSPS) is 20.1. The fraction of sp³-hybridized carbons (Fsp3) is 0.630. The Morgan fingerprint density at radius 1 is 1.14 bits per heavy atom. The molecule has 2 aromatic heterocycles. The summed E-state index contributed by atoms with van der Waals surface area (Å²) in [4.78, 5) is 18.8. The molecule has 0 spiro atoms. The molecule has 3 aromatic rings. The third-order valence-electron chi connectivity index (χ3n) is 7.84. The largest absolute Gasteiger partial charge is 0.376 e. The highest BCUT2D eigenvalue weighted by molar-refractivity contribution is 5.79. The molecule has 1 N–H and O–H groups in total. The third kappa shape index (κ3) is 5.33. The lowest BCUT2D eigenvalue weighted by atomic mass is 9.92. The molecule has 0 amide bonds. The molecular weight excluding hydrogens is 440 g/mol. The Bertz CT molecular complexity index is 1180. The van der Waals surface area contributed by atoms with Gasteiger partial charge in [0.25, 0.3) is 5.56 Å². The second-order valence-electron chi connectivity index (χ2n) is 10.1. The van der Waals surface area contributed by atoms with E-state index in [1.165, 1.54) is 24.8 Å². The van der Waals surface area contributed by atoms with Crippen LogP contribution in [0.1, 0.15) is 88.2 Å². The van der Waals surface area contributed by atoms with Gasteiger partial charge in [-0.3, -0.25) is 9.69 Å². The maximum atomic E-state index is 13.2. The van der Waals surface area contributed by atoms with Gasteiger partial charge in [-0.2, -0.15) is 0 Å². The predicted molar refractivity (Wildman–Crippen MR) is 136 cm³/mol. The number of nitrogens with one attached hydrogen (secondary N) is 1. The van der Waals surface area contributed by atoms with E-state index in [2.05, 4.69) is 57.5 Å². The maximum Gasteiger partial charge on any atom is 0.252 e. The van der Waals surface area contributed by atoms with Crippen molar-refractivity contribution in [2.24, 2.45) is 0 Å². The molecule has 1 aliphatic carbocycles. The van der Waals surface area contributed by atoms with Gasteiger partial charge in [-0.15, -0.1) is 5.10 Å². The fourth-order valence-corrected chi connectivity index (χ4v) is 5.87. The lowest BCUT2D eigenvalue weighted by molar-refractivity contribution is 0.0734. The molecule has 0 unspecified atom stereocenters. The van der Waals surface area contributed by atoms with Gasteiger partial charge in [-0.05, 0) is 78.1 Å². The van der Waals surface area contributed by atoms with Gasteiger partial charge >= 0.3 is 0 Å². The van der Waals surface area contributed by atoms with Gasteiger partial charge in [0.05, 0.1) is 18.7 Å². The number of fused-ring (bicyclic) bond motifs is 1. The number of benzene rings is 1. The molecule has 8 nitrogen and oxygen atoms in total. The molecule has 1 saturated heterocycles. The molecule has 3 heterocycles. The summed E-state index contributed by atoms with van der Waals surface area (Å²) in [7, 11) is 0. The highest BCUT2D eigenvalue weighted by Gasteiger charge is 2.32. The van der Waals surface area contributed by atoms with Crippen LogP contribution in [0.25, 0.3) is 10.9 Å². The van der Waals surface area contributed by atoms with E-state index in [0.29, 0.717) is 19.1 Å². The number of rotatable bonds is 9. The second-order valence-corrected chi connectivity index (χ2v) is 10.1. The number of hydrogen-bond donors (Lipinski definition) is 1. The average Bonchev–Trinajstić information content (AvgIpc) is 3.57.